The van der Waals surface area contributed by atoms with Crippen molar-refractivity contribution in [3.8, 4) is 17.2 Å². The number of thiophene rings is 1. The van der Waals surface area contributed by atoms with Crippen LogP contribution in [0.25, 0.3) is 32.5 Å². The zero-order valence-electron chi connectivity index (χ0n) is 17.1. The van der Waals surface area contributed by atoms with Crippen LogP contribution in [0, 0.1) is 0 Å². The number of hydrogen-bond donors (Lipinski definition) is 1. The molecule has 0 aliphatic carbocycles. The number of fused-ring (bicyclic) bond motifs is 2. The fourth-order valence-electron chi connectivity index (χ4n) is 3.70. The normalized spacial score (nSPS) is 17.2. The van der Waals surface area contributed by atoms with Gasteiger partial charge in [0, 0.05) is 42.0 Å². The molecule has 0 radical (unpaired) electrons. The average molecular weight is 472 g/mol. The van der Waals surface area contributed by atoms with Crippen molar-refractivity contribution < 1.29 is 22.8 Å². The van der Waals surface area contributed by atoms with Crippen LogP contribution in [0.3, 0.4) is 0 Å². The second-order valence-corrected chi connectivity index (χ2v) is 10.9. The monoisotopic (exact) mass is 471 g/mol. The molecular formula is C22H21N3O5S2. The van der Waals surface area contributed by atoms with Gasteiger partial charge < -0.3 is 14.4 Å². The third-order valence-electron chi connectivity index (χ3n) is 5.53. The van der Waals surface area contributed by atoms with E-state index in [1.165, 1.54) is 0 Å². The van der Waals surface area contributed by atoms with Crippen LogP contribution in [-0.2, 0) is 9.84 Å². The molecule has 1 aromatic carbocycles. The SMILES string of the molecule is O=S1(=O)CCN(CCOc2ccc3oc(-c4cc5sccc5cn4)cc(=NO)c3c2)CC1. The zero-order chi connectivity index (χ0) is 22.1. The van der Waals surface area contributed by atoms with Crippen molar-refractivity contribution in [2.24, 2.45) is 5.16 Å². The number of aromatic nitrogens is 1. The van der Waals surface area contributed by atoms with Crippen LogP contribution in [0.15, 0.2) is 57.5 Å². The topological polar surface area (TPSA) is 105 Å². The molecule has 1 aliphatic heterocycles. The third-order valence-corrected chi connectivity index (χ3v) is 8.01. The summed E-state index contributed by atoms with van der Waals surface area (Å²) in [6, 6.07) is 11.0. The molecule has 0 unspecified atom stereocenters. The van der Waals surface area contributed by atoms with Gasteiger partial charge in [0.2, 0.25) is 0 Å². The van der Waals surface area contributed by atoms with E-state index in [0.717, 1.165) is 10.1 Å². The molecule has 1 aliphatic rings. The van der Waals surface area contributed by atoms with E-state index in [1.807, 2.05) is 17.5 Å². The lowest BCUT2D eigenvalue weighted by Gasteiger charge is -2.26. The Kier molecular flexibility index (Phi) is 5.58. The van der Waals surface area contributed by atoms with E-state index in [9.17, 15) is 13.6 Å². The number of sulfone groups is 1. The minimum absolute atomic E-state index is 0.197. The maximum absolute atomic E-state index is 11.5. The van der Waals surface area contributed by atoms with Crippen LogP contribution < -0.4 is 10.1 Å². The van der Waals surface area contributed by atoms with E-state index in [2.05, 4.69) is 15.0 Å². The fourth-order valence-corrected chi connectivity index (χ4v) is 5.78. The van der Waals surface area contributed by atoms with Gasteiger partial charge in [0.25, 0.3) is 0 Å². The van der Waals surface area contributed by atoms with Gasteiger partial charge in [0.05, 0.1) is 16.9 Å². The van der Waals surface area contributed by atoms with Crippen molar-refractivity contribution in [2.45, 2.75) is 0 Å². The highest BCUT2D eigenvalue weighted by atomic mass is 32.2. The molecule has 8 nitrogen and oxygen atoms in total. The molecular weight excluding hydrogens is 450 g/mol. The van der Waals surface area contributed by atoms with Gasteiger partial charge >= 0.3 is 0 Å². The summed E-state index contributed by atoms with van der Waals surface area (Å²) in [4.78, 5) is 6.54. The van der Waals surface area contributed by atoms with Crippen LogP contribution in [0.5, 0.6) is 5.75 Å². The van der Waals surface area contributed by atoms with Crippen LogP contribution in [0.2, 0.25) is 0 Å². The Balaban J connectivity index is 1.35. The van der Waals surface area contributed by atoms with E-state index >= 15 is 0 Å². The molecule has 4 heterocycles. The largest absolute Gasteiger partial charge is 0.492 e. The quantitative estimate of drug-likeness (QED) is 0.352. The first-order chi connectivity index (χ1) is 15.5. The molecule has 1 saturated heterocycles. The molecule has 0 atom stereocenters. The highest BCUT2D eigenvalue weighted by molar-refractivity contribution is 7.91. The summed E-state index contributed by atoms with van der Waals surface area (Å²) >= 11 is 1.63. The van der Waals surface area contributed by atoms with Crippen molar-refractivity contribution >= 4 is 42.2 Å². The lowest BCUT2D eigenvalue weighted by molar-refractivity contribution is 0.219. The summed E-state index contributed by atoms with van der Waals surface area (Å²) in [7, 11) is -2.89. The minimum atomic E-state index is -2.89. The Morgan fingerprint density at radius 2 is 2.03 bits per heavy atom. The average Bonchev–Trinajstić information content (AvgIpc) is 3.27. The third kappa shape index (κ3) is 4.34. The van der Waals surface area contributed by atoms with E-state index in [1.54, 1.807) is 41.8 Å². The van der Waals surface area contributed by atoms with Crippen LogP contribution >= 0.6 is 11.3 Å². The van der Waals surface area contributed by atoms with Gasteiger partial charge in [-0.3, -0.25) is 9.88 Å². The van der Waals surface area contributed by atoms with Crippen molar-refractivity contribution in [3.05, 3.63) is 53.3 Å². The molecule has 1 N–H and O–H groups in total. The van der Waals surface area contributed by atoms with Gasteiger partial charge in [-0.15, -0.1) is 11.3 Å². The predicted octanol–water partition coefficient (Wildman–Crippen LogP) is 3.11. The molecule has 5 rings (SSSR count). The van der Waals surface area contributed by atoms with Crippen LogP contribution in [-0.4, -0.2) is 61.3 Å². The maximum Gasteiger partial charge on any atom is 0.155 e. The van der Waals surface area contributed by atoms with Crippen molar-refractivity contribution in [3.63, 3.8) is 0 Å². The molecule has 32 heavy (non-hydrogen) atoms. The summed E-state index contributed by atoms with van der Waals surface area (Å²) in [5, 5.41) is 17.1. The Morgan fingerprint density at radius 1 is 1.19 bits per heavy atom. The second kappa shape index (κ2) is 8.53. The smallest absolute Gasteiger partial charge is 0.155 e. The zero-order valence-corrected chi connectivity index (χ0v) is 18.7. The molecule has 1 fully saturated rings. The van der Waals surface area contributed by atoms with E-state index in [0.29, 0.717) is 59.8 Å². The van der Waals surface area contributed by atoms with Gasteiger partial charge in [0.15, 0.2) is 15.6 Å². The number of rotatable bonds is 5. The van der Waals surface area contributed by atoms with Gasteiger partial charge in [0.1, 0.15) is 29.0 Å². The Bertz CT molecular complexity index is 1450. The van der Waals surface area contributed by atoms with Crippen LogP contribution in [0.4, 0.5) is 0 Å². The summed E-state index contributed by atoms with van der Waals surface area (Å²) < 4.78 is 36.1. The van der Waals surface area contributed by atoms with E-state index in [-0.39, 0.29) is 11.5 Å². The number of benzene rings is 1. The Morgan fingerprint density at radius 3 is 2.84 bits per heavy atom. The predicted molar refractivity (Wildman–Crippen MR) is 123 cm³/mol. The minimum Gasteiger partial charge on any atom is -0.492 e. The first-order valence-electron chi connectivity index (χ1n) is 10.2. The van der Waals surface area contributed by atoms with Crippen molar-refractivity contribution in [2.75, 3.05) is 37.7 Å². The maximum atomic E-state index is 11.5. The molecule has 0 saturated carbocycles. The highest BCUT2D eigenvalue weighted by Crippen LogP contribution is 2.27. The van der Waals surface area contributed by atoms with Gasteiger partial charge in [-0.2, -0.15) is 0 Å². The summed E-state index contributed by atoms with van der Waals surface area (Å²) in [5.41, 5.74) is 1.22. The lowest BCUT2D eigenvalue weighted by atomic mass is 10.1. The number of ether oxygens (including phenoxy) is 1. The molecule has 0 bridgehead atoms. The van der Waals surface area contributed by atoms with Gasteiger partial charge in [-0.1, -0.05) is 5.16 Å². The molecule has 0 spiro atoms. The van der Waals surface area contributed by atoms with Gasteiger partial charge in [-0.05, 0) is 35.7 Å². The standard InChI is InChI=1S/C22H21N3O5S2/c26-24-18-12-21(19-13-22-15(14-23-19)3-8-31-22)30-20-2-1-16(11-17(18)20)29-7-4-25-5-9-32(27,28)10-6-25/h1-3,8,11-14,26H,4-7,9-10H2. The van der Waals surface area contributed by atoms with Crippen molar-refractivity contribution in [1.82, 2.24) is 9.88 Å². The first kappa shape index (κ1) is 20.9. The van der Waals surface area contributed by atoms with Gasteiger partial charge in [-0.25, -0.2) is 8.42 Å². The Hall–Kier alpha value is -2.95. The summed E-state index contributed by atoms with van der Waals surface area (Å²) in [5.74, 6) is 1.52. The van der Waals surface area contributed by atoms with Crippen molar-refractivity contribution in [1.29, 1.82) is 0 Å². The van der Waals surface area contributed by atoms with Crippen LogP contribution in [0.1, 0.15) is 0 Å². The number of nitrogens with zero attached hydrogens (tertiary/aromatic N) is 3. The first-order valence-corrected chi connectivity index (χ1v) is 12.9. The van der Waals surface area contributed by atoms with E-state index < -0.39 is 9.84 Å². The molecule has 166 valence electrons. The molecule has 3 aromatic heterocycles. The lowest BCUT2D eigenvalue weighted by Crippen LogP contribution is -2.42. The second-order valence-electron chi connectivity index (χ2n) is 7.62. The Labute approximate surface area is 188 Å². The molecule has 0 amide bonds. The highest BCUT2D eigenvalue weighted by Gasteiger charge is 2.21. The fraction of sp³-hybridized carbons (Fsp3) is 0.273. The number of pyridine rings is 1. The molecule has 4 aromatic rings. The summed E-state index contributed by atoms with van der Waals surface area (Å²) in [6.07, 6.45) is 1.80. The summed E-state index contributed by atoms with van der Waals surface area (Å²) in [6.45, 7) is 2.13. The molecule has 10 heteroatoms. The number of hydrogen-bond acceptors (Lipinski definition) is 9. The van der Waals surface area contributed by atoms with E-state index in [4.69, 9.17) is 9.15 Å².